The maximum absolute atomic E-state index is 12.0. The Morgan fingerprint density at radius 1 is 1.27 bits per heavy atom. The molecule has 0 atom stereocenters. The van der Waals surface area contributed by atoms with Crippen molar-refractivity contribution in [1.29, 1.82) is 0 Å². The number of carbonyl (C=O) groups is 2. The zero-order valence-electron chi connectivity index (χ0n) is 12.9. The molecule has 22 heavy (non-hydrogen) atoms. The van der Waals surface area contributed by atoms with Crippen LogP contribution in [0.2, 0.25) is 0 Å². The lowest BCUT2D eigenvalue weighted by molar-refractivity contribution is -0.143. The van der Waals surface area contributed by atoms with E-state index in [1.165, 1.54) is 0 Å². The van der Waals surface area contributed by atoms with E-state index in [1.54, 1.807) is 19.2 Å². The highest BCUT2D eigenvalue weighted by molar-refractivity contribution is 5.97. The van der Waals surface area contributed by atoms with Crippen molar-refractivity contribution in [3.63, 3.8) is 0 Å². The zero-order valence-corrected chi connectivity index (χ0v) is 12.9. The summed E-state index contributed by atoms with van der Waals surface area (Å²) in [6, 6.07) is 3.64. The molecule has 0 unspecified atom stereocenters. The van der Waals surface area contributed by atoms with Crippen LogP contribution in [0.5, 0.6) is 0 Å². The third-order valence-corrected chi connectivity index (χ3v) is 3.50. The van der Waals surface area contributed by atoms with E-state index in [0.717, 1.165) is 38.5 Å². The van der Waals surface area contributed by atoms with Crippen LogP contribution < -0.4 is 0 Å². The van der Waals surface area contributed by atoms with Crippen molar-refractivity contribution in [3.8, 4) is 0 Å². The van der Waals surface area contributed by atoms with Gasteiger partial charge < -0.3 is 9.47 Å². The number of ketones is 1. The van der Waals surface area contributed by atoms with Gasteiger partial charge >= 0.3 is 5.97 Å². The van der Waals surface area contributed by atoms with E-state index >= 15 is 0 Å². The highest BCUT2D eigenvalue weighted by Gasteiger charge is 2.13. The highest BCUT2D eigenvalue weighted by atomic mass is 16.5. The minimum Gasteiger partial charge on any atom is -0.466 e. The van der Waals surface area contributed by atoms with Gasteiger partial charge in [0, 0.05) is 37.8 Å². The van der Waals surface area contributed by atoms with E-state index < -0.39 is 0 Å². The van der Waals surface area contributed by atoms with Crippen molar-refractivity contribution in [2.45, 2.75) is 26.3 Å². The van der Waals surface area contributed by atoms with Gasteiger partial charge in [0.2, 0.25) is 0 Å². The third-order valence-electron chi connectivity index (χ3n) is 3.50. The van der Waals surface area contributed by atoms with Crippen molar-refractivity contribution in [3.05, 3.63) is 29.6 Å². The molecule has 0 saturated carbocycles. The van der Waals surface area contributed by atoms with Crippen LogP contribution >= 0.6 is 0 Å². The summed E-state index contributed by atoms with van der Waals surface area (Å²) in [5.74, 6) is -0.425. The van der Waals surface area contributed by atoms with E-state index in [-0.39, 0.29) is 24.6 Å². The molecule has 120 valence electrons. The molecule has 0 amide bonds. The molecule has 1 aromatic heterocycles. The number of carbonyl (C=O) groups excluding carboxylic acids is 2. The van der Waals surface area contributed by atoms with Crippen molar-refractivity contribution in [2.75, 3.05) is 32.9 Å². The van der Waals surface area contributed by atoms with Gasteiger partial charge in [0.15, 0.2) is 5.78 Å². The summed E-state index contributed by atoms with van der Waals surface area (Å²) >= 11 is 0. The number of morpholine rings is 1. The molecule has 0 bridgehead atoms. The fourth-order valence-electron chi connectivity index (χ4n) is 2.26. The summed E-state index contributed by atoms with van der Waals surface area (Å²) in [7, 11) is 0. The average molecular weight is 306 g/mol. The molecule has 0 aliphatic carbocycles. The van der Waals surface area contributed by atoms with Crippen LogP contribution in [0.25, 0.3) is 0 Å². The number of ether oxygens (including phenoxy) is 2. The molecule has 0 spiro atoms. The van der Waals surface area contributed by atoms with Crippen LogP contribution in [-0.4, -0.2) is 54.5 Å². The molecule has 2 rings (SSSR count). The first-order chi connectivity index (χ1) is 10.7. The molecule has 0 N–H and O–H groups in total. The van der Waals surface area contributed by atoms with Gasteiger partial charge in [0.25, 0.3) is 0 Å². The van der Waals surface area contributed by atoms with Gasteiger partial charge in [-0.2, -0.15) is 0 Å². The van der Waals surface area contributed by atoms with Crippen molar-refractivity contribution >= 4 is 11.8 Å². The van der Waals surface area contributed by atoms with Gasteiger partial charge in [0.05, 0.1) is 31.9 Å². The Morgan fingerprint density at radius 3 is 2.68 bits per heavy atom. The zero-order chi connectivity index (χ0) is 15.8. The topological polar surface area (TPSA) is 68.7 Å². The van der Waals surface area contributed by atoms with Gasteiger partial charge in [-0.3, -0.25) is 19.5 Å². The fourth-order valence-corrected chi connectivity index (χ4v) is 2.26. The van der Waals surface area contributed by atoms with E-state index in [1.807, 2.05) is 6.07 Å². The van der Waals surface area contributed by atoms with Crippen molar-refractivity contribution < 1.29 is 19.1 Å². The van der Waals surface area contributed by atoms with Gasteiger partial charge in [-0.25, -0.2) is 0 Å². The molecule has 6 nitrogen and oxygen atoms in total. The quantitative estimate of drug-likeness (QED) is 0.561. The summed E-state index contributed by atoms with van der Waals surface area (Å²) < 4.78 is 10.1. The van der Waals surface area contributed by atoms with Crippen molar-refractivity contribution in [2.24, 2.45) is 0 Å². The first-order valence-electron chi connectivity index (χ1n) is 7.63. The van der Waals surface area contributed by atoms with Crippen LogP contribution in [0.4, 0.5) is 0 Å². The summed E-state index contributed by atoms with van der Waals surface area (Å²) in [6.45, 7) is 6.17. The Bertz CT molecular complexity index is 495. The van der Waals surface area contributed by atoms with Crippen molar-refractivity contribution in [1.82, 2.24) is 9.88 Å². The minimum absolute atomic E-state index is 0.0847. The summed E-state index contributed by atoms with van der Waals surface area (Å²) in [4.78, 5) is 29.8. The lowest BCUT2D eigenvalue weighted by atomic mass is 10.1. The lowest BCUT2D eigenvalue weighted by Gasteiger charge is -2.26. The Hall–Kier alpha value is -1.79. The highest BCUT2D eigenvalue weighted by Crippen LogP contribution is 2.09. The van der Waals surface area contributed by atoms with Gasteiger partial charge in [-0.05, 0) is 19.1 Å². The number of rotatable bonds is 7. The van der Waals surface area contributed by atoms with Crippen LogP contribution in [0.1, 0.15) is 35.8 Å². The first kappa shape index (κ1) is 16.6. The molecule has 0 radical (unpaired) electrons. The maximum Gasteiger partial charge on any atom is 0.306 e. The van der Waals surface area contributed by atoms with E-state index in [4.69, 9.17) is 9.47 Å². The number of esters is 1. The summed E-state index contributed by atoms with van der Waals surface area (Å²) in [6.07, 6.45) is 1.86. The monoisotopic (exact) mass is 306 g/mol. The molecule has 1 aliphatic rings. The van der Waals surface area contributed by atoms with Gasteiger partial charge in [0.1, 0.15) is 0 Å². The van der Waals surface area contributed by atoms with E-state index in [2.05, 4.69) is 9.88 Å². The van der Waals surface area contributed by atoms with Gasteiger partial charge in [-0.1, -0.05) is 0 Å². The Morgan fingerprint density at radius 2 is 2.05 bits per heavy atom. The van der Waals surface area contributed by atoms with E-state index in [9.17, 15) is 9.59 Å². The number of hydrogen-bond acceptors (Lipinski definition) is 6. The second kappa shape index (κ2) is 8.60. The third kappa shape index (κ3) is 5.20. The smallest absolute Gasteiger partial charge is 0.306 e. The molecule has 0 aromatic carbocycles. The van der Waals surface area contributed by atoms with E-state index in [0.29, 0.717) is 12.2 Å². The number of Topliss-reactive ketones (excluding diaryl/α,β-unsaturated/α-hetero) is 1. The molecular weight excluding hydrogens is 284 g/mol. The molecule has 6 heteroatoms. The molecule has 1 aliphatic heterocycles. The Kier molecular flexibility index (Phi) is 6.48. The number of aromatic nitrogens is 1. The Labute approximate surface area is 130 Å². The largest absolute Gasteiger partial charge is 0.466 e. The standard InChI is InChI=1S/C16H22N2O4/c1-2-22-16(20)6-5-15(19)13-3-4-14(17-11-13)12-18-7-9-21-10-8-18/h3-4,11H,2,5-10,12H2,1H3. The molecule has 1 fully saturated rings. The first-order valence-corrected chi connectivity index (χ1v) is 7.63. The van der Waals surface area contributed by atoms with Gasteiger partial charge in [-0.15, -0.1) is 0 Å². The van der Waals surface area contributed by atoms with Crippen LogP contribution in [0, 0.1) is 0 Å². The van der Waals surface area contributed by atoms with Crippen LogP contribution in [0.3, 0.4) is 0 Å². The second-order valence-corrected chi connectivity index (χ2v) is 5.15. The maximum atomic E-state index is 12.0. The fraction of sp³-hybridized carbons (Fsp3) is 0.562. The average Bonchev–Trinajstić information content (AvgIpc) is 2.54. The lowest BCUT2D eigenvalue weighted by Crippen LogP contribution is -2.35. The molecule has 1 aromatic rings. The molecular formula is C16H22N2O4. The number of pyridine rings is 1. The number of nitrogens with zero attached hydrogens (tertiary/aromatic N) is 2. The predicted octanol–water partition coefficient (Wildman–Crippen LogP) is 1.44. The summed E-state index contributed by atoms with van der Waals surface area (Å²) in [5, 5.41) is 0. The predicted molar refractivity (Wildman–Crippen MR) is 80.5 cm³/mol. The normalized spacial score (nSPS) is 15.5. The van der Waals surface area contributed by atoms with Crippen LogP contribution in [0.15, 0.2) is 18.3 Å². The second-order valence-electron chi connectivity index (χ2n) is 5.15. The van der Waals surface area contributed by atoms with Crippen LogP contribution in [-0.2, 0) is 20.8 Å². The Balaban J connectivity index is 1.82. The molecule has 1 saturated heterocycles. The molecule has 2 heterocycles. The SMILES string of the molecule is CCOC(=O)CCC(=O)c1ccc(CN2CCOCC2)nc1. The summed E-state index contributed by atoms with van der Waals surface area (Å²) in [5.41, 5.74) is 1.47. The number of hydrogen-bond donors (Lipinski definition) is 0. The minimum atomic E-state index is -0.340.